The van der Waals surface area contributed by atoms with Gasteiger partial charge in [0.1, 0.15) is 5.60 Å². The number of aliphatic hydroxyl groups excluding tert-OH is 1. The summed E-state index contributed by atoms with van der Waals surface area (Å²) in [6, 6.07) is 0.132. The fourth-order valence-corrected chi connectivity index (χ4v) is 2.43. The molecule has 1 aliphatic carbocycles. The van der Waals surface area contributed by atoms with Crippen LogP contribution in [0.1, 0.15) is 19.8 Å². The lowest BCUT2D eigenvalue weighted by Gasteiger charge is -2.26. The molecule has 0 aromatic heterocycles. The Morgan fingerprint density at radius 3 is 2.91 bits per heavy atom. The van der Waals surface area contributed by atoms with Crippen LogP contribution in [0.3, 0.4) is 0 Å². The van der Waals surface area contributed by atoms with Crippen LogP contribution in [0.5, 0.6) is 0 Å². The highest BCUT2D eigenvalue weighted by Gasteiger charge is 2.54. The van der Waals surface area contributed by atoms with Crippen molar-refractivity contribution in [3.05, 3.63) is 0 Å². The van der Waals surface area contributed by atoms with Gasteiger partial charge in [0.05, 0.1) is 6.10 Å². The Labute approximate surface area is 66.4 Å². The molecule has 2 rings (SSSR count). The first-order valence-electron chi connectivity index (χ1n) is 4.28. The average Bonchev–Trinajstić information content (AvgIpc) is 2.39. The Kier molecular flexibility index (Phi) is 1.50. The van der Waals surface area contributed by atoms with Crippen LogP contribution < -0.4 is 5.32 Å². The quantitative estimate of drug-likeness (QED) is 0.443. The summed E-state index contributed by atoms with van der Waals surface area (Å²) < 4.78 is 0. The summed E-state index contributed by atoms with van der Waals surface area (Å²) in [4.78, 5) is 0. The monoisotopic (exact) mass is 157 g/mol. The molecule has 11 heavy (non-hydrogen) atoms. The van der Waals surface area contributed by atoms with Crippen LogP contribution in [0.15, 0.2) is 0 Å². The highest BCUT2D eigenvalue weighted by molar-refractivity contribution is 5.09. The summed E-state index contributed by atoms with van der Waals surface area (Å²) in [5, 5.41) is 22.8. The smallest absolute Gasteiger partial charge is 0.107 e. The van der Waals surface area contributed by atoms with Gasteiger partial charge in [-0.25, -0.2) is 0 Å². The Bertz CT molecular complexity index is 169. The number of hydrogen-bond acceptors (Lipinski definition) is 3. The second-order valence-corrected chi connectivity index (χ2v) is 3.91. The number of hydrogen-bond donors (Lipinski definition) is 3. The van der Waals surface area contributed by atoms with Gasteiger partial charge in [-0.1, -0.05) is 6.92 Å². The average molecular weight is 157 g/mol. The van der Waals surface area contributed by atoms with Crippen molar-refractivity contribution in [1.82, 2.24) is 5.32 Å². The maximum atomic E-state index is 9.96. The van der Waals surface area contributed by atoms with Crippen LogP contribution in [0.4, 0.5) is 0 Å². The minimum atomic E-state index is -0.820. The number of aliphatic hydroxyl groups is 2. The second-order valence-electron chi connectivity index (χ2n) is 3.91. The molecule has 0 bridgehead atoms. The Morgan fingerprint density at radius 2 is 2.27 bits per heavy atom. The van der Waals surface area contributed by atoms with Gasteiger partial charge in [-0.2, -0.15) is 0 Å². The van der Waals surface area contributed by atoms with Gasteiger partial charge in [-0.3, -0.25) is 0 Å². The molecule has 2 aliphatic rings. The summed E-state index contributed by atoms with van der Waals surface area (Å²) >= 11 is 0. The molecule has 2 fully saturated rings. The molecule has 0 aromatic carbocycles. The summed E-state index contributed by atoms with van der Waals surface area (Å²) in [5.74, 6) is 0.234. The SMILES string of the molecule is CC1C[C@@H]2NCC[C@]2(O)[C@H]1O. The van der Waals surface area contributed by atoms with Crippen LogP contribution in [-0.4, -0.2) is 34.5 Å². The molecular formula is C8H15NO2. The Morgan fingerprint density at radius 1 is 1.55 bits per heavy atom. The van der Waals surface area contributed by atoms with Crippen LogP contribution in [-0.2, 0) is 0 Å². The van der Waals surface area contributed by atoms with E-state index in [1.807, 2.05) is 6.92 Å². The van der Waals surface area contributed by atoms with E-state index in [0.717, 1.165) is 13.0 Å². The van der Waals surface area contributed by atoms with Crippen LogP contribution in [0.25, 0.3) is 0 Å². The fourth-order valence-electron chi connectivity index (χ4n) is 2.43. The molecule has 3 N–H and O–H groups in total. The van der Waals surface area contributed by atoms with E-state index in [2.05, 4.69) is 5.32 Å². The van der Waals surface area contributed by atoms with E-state index in [9.17, 15) is 10.2 Å². The van der Waals surface area contributed by atoms with E-state index in [1.165, 1.54) is 0 Å². The standard InChI is InChI=1S/C8H15NO2/c1-5-4-6-8(11,7(5)10)2-3-9-6/h5-7,9-11H,2-4H2,1H3/t5?,6-,7-,8+/m0/s1. The lowest BCUT2D eigenvalue weighted by molar-refractivity contribution is -0.0643. The number of rotatable bonds is 0. The molecule has 0 spiro atoms. The van der Waals surface area contributed by atoms with Crippen LogP contribution in [0, 0.1) is 5.92 Å². The van der Waals surface area contributed by atoms with Gasteiger partial charge in [-0.05, 0) is 25.3 Å². The van der Waals surface area contributed by atoms with Crippen molar-refractivity contribution in [1.29, 1.82) is 0 Å². The van der Waals surface area contributed by atoms with Gasteiger partial charge in [0.2, 0.25) is 0 Å². The zero-order valence-corrected chi connectivity index (χ0v) is 6.75. The fraction of sp³-hybridized carbons (Fsp3) is 1.00. The molecule has 1 saturated carbocycles. The molecule has 3 heteroatoms. The molecular weight excluding hydrogens is 142 g/mol. The van der Waals surface area contributed by atoms with Crippen molar-refractivity contribution in [2.45, 2.75) is 37.5 Å². The third-order valence-corrected chi connectivity index (χ3v) is 3.18. The van der Waals surface area contributed by atoms with Crippen molar-refractivity contribution in [3.63, 3.8) is 0 Å². The molecule has 1 unspecified atom stereocenters. The lowest BCUT2D eigenvalue weighted by Crippen LogP contribution is -2.45. The predicted octanol–water partition coefficient (Wildman–Crippen LogP) is -0.520. The van der Waals surface area contributed by atoms with Gasteiger partial charge in [0.15, 0.2) is 0 Å². The second kappa shape index (κ2) is 2.19. The first-order chi connectivity index (χ1) is 5.14. The third kappa shape index (κ3) is 0.849. The zero-order chi connectivity index (χ0) is 8.06. The predicted molar refractivity (Wildman–Crippen MR) is 41.1 cm³/mol. The van der Waals surface area contributed by atoms with Crippen molar-refractivity contribution in [2.75, 3.05) is 6.54 Å². The normalized spacial score (nSPS) is 56.5. The van der Waals surface area contributed by atoms with E-state index in [1.54, 1.807) is 0 Å². The third-order valence-electron chi connectivity index (χ3n) is 3.18. The first kappa shape index (κ1) is 7.53. The lowest BCUT2D eigenvalue weighted by atomic mass is 9.94. The molecule has 1 heterocycles. The van der Waals surface area contributed by atoms with Gasteiger partial charge in [0, 0.05) is 6.04 Å². The largest absolute Gasteiger partial charge is 0.390 e. The molecule has 0 aromatic rings. The Hall–Kier alpha value is -0.120. The van der Waals surface area contributed by atoms with Crippen molar-refractivity contribution in [2.24, 2.45) is 5.92 Å². The number of nitrogens with one attached hydrogen (secondary N) is 1. The van der Waals surface area contributed by atoms with Gasteiger partial charge in [0.25, 0.3) is 0 Å². The summed E-state index contributed by atoms with van der Waals surface area (Å²) in [6.45, 7) is 2.83. The van der Waals surface area contributed by atoms with Crippen molar-refractivity contribution < 1.29 is 10.2 Å². The number of fused-ring (bicyclic) bond motifs is 1. The van der Waals surface area contributed by atoms with Crippen LogP contribution >= 0.6 is 0 Å². The highest BCUT2D eigenvalue weighted by Crippen LogP contribution is 2.39. The van der Waals surface area contributed by atoms with Gasteiger partial charge < -0.3 is 15.5 Å². The van der Waals surface area contributed by atoms with E-state index in [4.69, 9.17) is 0 Å². The topological polar surface area (TPSA) is 52.5 Å². The summed E-state index contributed by atoms with van der Waals surface area (Å²) in [6.07, 6.45) is 1.07. The van der Waals surface area contributed by atoms with Gasteiger partial charge in [-0.15, -0.1) is 0 Å². The van der Waals surface area contributed by atoms with Crippen molar-refractivity contribution in [3.8, 4) is 0 Å². The molecule has 3 nitrogen and oxygen atoms in total. The summed E-state index contributed by atoms with van der Waals surface area (Å²) in [7, 11) is 0. The van der Waals surface area contributed by atoms with E-state index in [0.29, 0.717) is 6.42 Å². The van der Waals surface area contributed by atoms with E-state index >= 15 is 0 Å². The minimum absolute atomic E-state index is 0.132. The van der Waals surface area contributed by atoms with Crippen molar-refractivity contribution >= 4 is 0 Å². The summed E-state index contributed by atoms with van der Waals surface area (Å²) in [5.41, 5.74) is -0.820. The van der Waals surface area contributed by atoms with E-state index < -0.39 is 11.7 Å². The molecule has 64 valence electrons. The molecule has 4 atom stereocenters. The molecule has 0 amide bonds. The minimum Gasteiger partial charge on any atom is -0.390 e. The van der Waals surface area contributed by atoms with E-state index in [-0.39, 0.29) is 12.0 Å². The Balaban J connectivity index is 2.23. The van der Waals surface area contributed by atoms with Gasteiger partial charge >= 0.3 is 0 Å². The highest BCUT2D eigenvalue weighted by atomic mass is 16.3. The first-order valence-corrected chi connectivity index (χ1v) is 4.28. The molecule has 1 aliphatic heterocycles. The zero-order valence-electron chi connectivity index (χ0n) is 6.75. The molecule has 0 radical (unpaired) electrons. The maximum absolute atomic E-state index is 9.96. The van der Waals surface area contributed by atoms with Crippen LogP contribution in [0.2, 0.25) is 0 Å². The molecule has 1 saturated heterocycles. The maximum Gasteiger partial charge on any atom is 0.107 e.